The first-order valence-electron chi connectivity index (χ1n) is 8.82. The van der Waals surface area contributed by atoms with Gasteiger partial charge in [0.1, 0.15) is 5.82 Å². The Hall–Kier alpha value is -2.67. The highest BCUT2D eigenvalue weighted by Crippen LogP contribution is 2.22. The van der Waals surface area contributed by atoms with E-state index in [1.54, 1.807) is 30.3 Å². The molecule has 0 spiro atoms. The van der Waals surface area contributed by atoms with Crippen molar-refractivity contribution >= 4 is 28.6 Å². The van der Waals surface area contributed by atoms with E-state index in [1.807, 2.05) is 11.0 Å². The number of carbonyl (C=O) groups is 1. The molecule has 0 N–H and O–H groups in total. The first-order chi connectivity index (χ1) is 13.1. The van der Waals surface area contributed by atoms with Crippen molar-refractivity contribution in [1.82, 2.24) is 14.5 Å². The number of thioether (sulfide) groups is 1. The molecule has 1 aliphatic heterocycles. The van der Waals surface area contributed by atoms with Crippen molar-refractivity contribution in [3.63, 3.8) is 0 Å². The van der Waals surface area contributed by atoms with Crippen molar-refractivity contribution in [3.8, 4) is 5.69 Å². The zero-order valence-electron chi connectivity index (χ0n) is 14.6. The van der Waals surface area contributed by atoms with Gasteiger partial charge >= 0.3 is 0 Å². The van der Waals surface area contributed by atoms with Gasteiger partial charge < -0.3 is 4.90 Å². The summed E-state index contributed by atoms with van der Waals surface area (Å²) in [4.78, 5) is 31.9. The van der Waals surface area contributed by atoms with Crippen LogP contribution in [-0.2, 0) is 4.79 Å². The maximum Gasteiger partial charge on any atom is 0.266 e. The molecule has 1 aliphatic rings. The number of halogens is 1. The largest absolute Gasteiger partial charge is 0.342 e. The normalized spacial score (nSPS) is 14.0. The third kappa shape index (κ3) is 3.60. The molecule has 0 radical (unpaired) electrons. The minimum Gasteiger partial charge on any atom is -0.342 e. The van der Waals surface area contributed by atoms with Gasteiger partial charge in [0.05, 0.1) is 22.3 Å². The monoisotopic (exact) mass is 383 g/mol. The lowest BCUT2D eigenvalue weighted by atomic mass is 10.2. The molecule has 2 aromatic carbocycles. The van der Waals surface area contributed by atoms with Crippen LogP contribution in [0.5, 0.6) is 0 Å². The van der Waals surface area contributed by atoms with E-state index in [9.17, 15) is 14.0 Å². The quantitative estimate of drug-likeness (QED) is 0.513. The number of likely N-dealkylation sites (tertiary alicyclic amines) is 1. The molecule has 1 aromatic heterocycles. The maximum atomic E-state index is 13.3. The van der Waals surface area contributed by atoms with E-state index in [4.69, 9.17) is 0 Å². The lowest BCUT2D eigenvalue weighted by Gasteiger charge is -2.16. The molecule has 0 atom stereocenters. The molecule has 3 aromatic rings. The number of hydrogen-bond acceptors (Lipinski definition) is 4. The third-order valence-electron chi connectivity index (χ3n) is 4.61. The molecule has 0 unspecified atom stereocenters. The van der Waals surface area contributed by atoms with Crippen LogP contribution in [0.4, 0.5) is 4.39 Å². The molecule has 4 rings (SSSR count). The van der Waals surface area contributed by atoms with Crippen molar-refractivity contribution in [2.45, 2.75) is 18.0 Å². The summed E-state index contributed by atoms with van der Waals surface area (Å²) in [6.07, 6.45) is 2.07. The van der Waals surface area contributed by atoms with E-state index in [0.717, 1.165) is 25.9 Å². The summed E-state index contributed by atoms with van der Waals surface area (Å²) in [6.45, 7) is 1.57. The van der Waals surface area contributed by atoms with Crippen LogP contribution in [0.15, 0.2) is 58.5 Å². The van der Waals surface area contributed by atoms with Crippen molar-refractivity contribution in [2.75, 3.05) is 18.8 Å². The molecule has 5 nitrogen and oxygen atoms in total. The van der Waals surface area contributed by atoms with Crippen molar-refractivity contribution in [3.05, 3.63) is 64.7 Å². The van der Waals surface area contributed by atoms with E-state index in [-0.39, 0.29) is 23.0 Å². The Kier molecular flexibility index (Phi) is 4.94. The number of amides is 1. The van der Waals surface area contributed by atoms with Crippen molar-refractivity contribution < 1.29 is 9.18 Å². The van der Waals surface area contributed by atoms with Gasteiger partial charge in [-0.2, -0.15) is 0 Å². The van der Waals surface area contributed by atoms with Gasteiger partial charge in [-0.25, -0.2) is 9.37 Å². The molecule has 1 amide bonds. The lowest BCUT2D eigenvalue weighted by molar-refractivity contribution is -0.127. The van der Waals surface area contributed by atoms with Crippen molar-refractivity contribution in [2.24, 2.45) is 0 Å². The molecule has 0 aliphatic carbocycles. The Morgan fingerprint density at radius 3 is 2.52 bits per heavy atom. The number of fused-ring (bicyclic) bond motifs is 1. The smallest absolute Gasteiger partial charge is 0.266 e. The zero-order valence-corrected chi connectivity index (χ0v) is 15.4. The molecule has 2 heterocycles. The number of hydrogen-bond donors (Lipinski definition) is 0. The van der Waals surface area contributed by atoms with Crippen molar-refractivity contribution in [1.29, 1.82) is 0 Å². The van der Waals surface area contributed by atoms with Gasteiger partial charge in [-0.3, -0.25) is 14.2 Å². The molecule has 1 saturated heterocycles. The molecular formula is C20H18FN3O2S. The summed E-state index contributed by atoms with van der Waals surface area (Å²) < 4.78 is 14.8. The standard InChI is InChI=1S/C20H18FN3O2S/c21-14-7-9-15(10-8-14)24-19(26)16-5-1-2-6-17(16)22-20(24)27-13-18(25)23-11-3-4-12-23/h1-2,5-10H,3-4,11-13H2. The van der Waals surface area contributed by atoms with Gasteiger partial charge in [0.2, 0.25) is 5.91 Å². The zero-order chi connectivity index (χ0) is 18.8. The Bertz CT molecular complexity index is 1040. The fourth-order valence-electron chi connectivity index (χ4n) is 3.21. The molecule has 1 fully saturated rings. The van der Waals surface area contributed by atoms with Crippen LogP contribution in [0.25, 0.3) is 16.6 Å². The number of aromatic nitrogens is 2. The molecule has 138 valence electrons. The minimum absolute atomic E-state index is 0.0468. The first kappa shape index (κ1) is 17.7. The molecule has 0 saturated carbocycles. The van der Waals surface area contributed by atoms with Gasteiger partial charge in [-0.05, 0) is 49.2 Å². The average Bonchev–Trinajstić information content (AvgIpc) is 3.22. The first-order valence-corrected chi connectivity index (χ1v) is 9.80. The number of para-hydroxylation sites is 1. The van der Waals surface area contributed by atoms with E-state index < -0.39 is 0 Å². The highest BCUT2D eigenvalue weighted by atomic mass is 32.2. The summed E-state index contributed by atoms with van der Waals surface area (Å²) in [5.41, 5.74) is 0.871. The summed E-state index contributed by atoms with van der Waals surface area (Å²) in [5, 5.41) is 0.912. The average molecular weight is 383 g/mol. The predicted octanol–water partition coefficient (Wildman–Crippen LogP) is 3.24. The second-order valence-electron chi connectivity index (χ2n) is 6.41. The van der Waals surface area contributed by atoms with Gasteiger partial charge in [0.15, 0.2) is 5.16 Å². The van der Waals surface area contributed by atoms with Gasteiger partial charge in [-0.1, -0.05) is 23.9 Å². The Labute approximate surface area is 159 Å². The van der Waals surface area contributed by atoms with Crippen LogP contribution in [0, 0.1) is 5.82 Å². The third-order valence-corrected chi connectivity index (χ3v) is 5.54. The van der Waals surface area contributed by atoms with Crippen LogP contribution in [0.1, 0.15) is 12.8 Å². The number of benzene rings is 2. The van der Waals surface area contributed by atoms with E-state index in [2.05, 4.69) is 4.98 Å². The minimum atomic E-state index is -0.376. The lowest BCUT2D eigenvalue weighted by Crippen LogP contribution is -2.29. The molecule has 0 bridgehead atoms. The summed E-state index contributed by atoms with van der Waals surface area (Å²) in [5.74, 6) is -0.115. The molecular weight excluding hydrogens is 365 g/mol. The summed E-state index contributed by atoms with van der Waals surface area (Å²) in [6, 6.07) is 12.8. The molecule has 27 heavy (non-hydrogen) atoms. The Balaban J connectivity index is 1.75. The summed E-state index contributed by atoms with van der Waals surface area (Å²) in [7, 11) is 0. The van der Waals surface area contributed by atoms with Gasteiger partial charge in [0, 0.05) is 13.1 Å². The van der Waals surface area contributed by atoms with Crippen LogP contribution >= 0.6 is 11.8 Å². The fourth-order valence-corrected chi connectivity index (χ4v) is 4.13. The predicted molar refractivity (Wildman–Crippen MR) is 104 cm³/mol. The van der Waals surface area contributed by atoms with Crippen LogP contribution < -0.4 is 5.56 Å². The van der Waals surface area contributed by atoms with Crippen LogP contribution in [0.2, 0.25) is 0 Å². The van der Waals surface area contributed by atoms with Gasteiger partial charge in [0.25, 0.3) is 5.56 Å². The Morgan fingerprint density at radius 1 is 1.07 bits per heavy atom. The molecule has 7 heteroatoms. The number of rotatable bonds is 4. The Morgan fingerprint density at radius 2 is 1.78 bits per heavy atom. The van der Waals surface area contributed by atoms with Crippen LogP contribution in [-0.4, -0.2) is 39.2 Å². The number of nitrogens with zero attached hydrogens (tertiary/aromatic N) is 3. The second-order valence-corrected chi connectivity index (χ2v) is 7.35. The van der Waals surface area contributed by atoms with E-state index >= 15 is 0 Å². The maximum absolute atomic E-state index is 13.3. The second kappa shape index (κ2) is 7.52. The highest BCUT2D eigenvalue weighted by Gasteiger charge is 2.20. The highest BCUT2D eigenvalue weighted by molar-refractivity contribution is 7.99. The SMILES string of the molecule is O=C(CSc1nc2ccccc2c(=O)n1-c1ccc(F)cc1)N1CCCC1. The number of carbonyl (C=O) groups excluding carboxylic acids is 1. The van der Waals surface area contributed by atoms with E-state index in [0.29, 0.717) is 21.7 Å². The summed E-state index contributed by atoms with van der Waals surface area (Å²) >= 11 is 1.24. The van der Waals surface area contributed by atoms with Crippen LogP contribution in [0.3, 0.4) is 0 Å². The van der Waals surface area contributed by atoms with Gasteiger partial charge in [-0.15, -0.1) is 0 Å². The van der Waals surface area contributed by atoms with E-state index in [1.165, 1.54) is 28.5 Å². The topological polar surface area (TPSA) is 55.2 Å². The fraction of sp³-hybridized carbons (Fsp3) is 0.250.